The summed E-state index contributed by atoms with van der Waals surface area (Å²) >= 11 is 0. The quantitative estimate of drug-likeness (QED) is 0.584. The van der Waals surface area contributed by atoms with Gasteiger partial charge in [0.2, 0.25) is 0 Å². The van der Waals surface area contributed by atoms with Crippen LogP contribution < -0.4 is 4.74 Å². The molecule has 1 atom stereocenters. The summed E-state index contributed by atoms with van der Waals surface area (Å²) in [6.45, 7) is 5.28. The Balaban J connectivity index is 2.25. The Morgan fingerprint density at radius 3 is 3.12 bits per heavy atom. The first-order valence-corrected chi connectivity index (χ1v) is 5.79. The fraction of sp³-hybridized carbons (Fsp3) is 0.267. The molecule has 88 valence electrons. The molecule has 0 aliphatic carbocycles. The molecule has 1 aliphatic rings. The van der Waals surface area contributed by atoms with Crippen LogP contribution in [0.2, 0.25) is 0 Å². The number of benzene rings is 1. The monoisotopic (exact) mass is 228 g/mol. The van der Waals surface area contributed by atoms with Crippen LogP contribution in [0.5, 0.6) is 5.75 Å². The number of hydrogen-bond donors (Lipinski definition) is 0. The lowest BCUT2D eigenvalue weighted by atomic mass is 10.0. The molecule has 0 amide bonds. The third kappa shape index (κ3) is 2.64. The number of hydrogen-bond acceptors (Lipinski definition) is 2. The van der Waals surface area contributed by atoms with Crippen LogP contribution in [0.4, 0.5) is 0 Å². The van der Waals surface area contributed by atoms with Gasteiger partial charge >= 0.3 is 0 Å². The molecule has 0 fully saturated rings. The largest absolute Gasteiger partial charge is 0.489 e. The van der Waals surface area contributed by atoms with E-state index in [2.05, 4.69) is 6.58 Å². The second-order valence-corrected chi connectivity index (χ2v) is 4.24. The van der Waals surface area contributed by atoms with E-state index in [4.69, 9.17) is 4.74 Å². The number of ketones is 1. The Morgan fingerprint density at radius 1 is 1.59 bits per heavy atom. The van der Waals surface area contributed by atoms with E-state index in [1.807, 2.05) is 30.4 Å². The molecular weight excluding hydrogens is 212 g/mol. The molecule has 1 aromatic carbocycles. The summed E-state index contributed by atoms with van der Waals surface area (Å²) in [6.07, 6.45) is 7.26. The Hall–Kier alpha value is -1.83. The topological polar surface area (TPSA) is 26.3 Å². The van der Waals surface area contributed by atoms with Crippen molar-refractivity contribution in [3.05, 3.63) is 48.1 Å². The van der Waals surface area contributed by atoms with E-state index in [-0.39, 0.29) is 11.9 Å². The molecule has 17 heavy (non-hydrogen) atoms. The molecule has 0 saturated carbocycles. The Labute approximate surface area is 102 Å². The molecule has 1 aromatic rings. The van der Waals surface area contributed by atoms with Crippen LogP contribution in [0, 0.1) is 0 Å². The zero-order chi connectivity index (χ0) is 12.3. The third-order valence-corrected chi connectivity index (χ3v) is 2.82. The Morgan fingerprint density at radius 2 is 2.41 bits per heavy atom. The van der Waals surface area contributed by atoms with Crippen molar-refractivity contribution in [2.24, 2.45) is 0 Å². The lowest BCUT2D eigenvalue weighted by Gasteiger charge is -2.06. The highest BCUT2D eigenvalue weighted by Gasteiger charge is 2.23. The summed E-state index contributed by atoms with van der Waals surface area (Å²) in [6, 6.07) is 5.94. The number of ether oxygens (including phenoxy) is 1. The second kappa shape index (κ2) is 5.00. The van der Waals surface area contributed by atoms with Gasteiger partial charge in [0.25, 0.3) is 0 Å². The average molecular weight is 228 g/mol. The molecule has 2 nitrogen and oxygen atoms in total. The highest BCUT2D eigenvalue weighted by molar-refractivity contribution is 5.91. The Bertz CT molecular complexity index is 472. The van der Waals surface area contributed by atoms with Gasteiger partial charge in [-0.1, -0.05) is 24.3 Å². The summed E-state index contributed by atoms with van der Waals surface area (Å²) in [7, 11) is 0. The van der Waals surface area contributed by atoms with E-state index in [9.17, 15) is 4.79 Å². The molecule has 0 aromatic heterocycles. The SMILES string of the molecule is C=CC[C@@H]1Cc2c(/C=C/C(C)=O)cccc2O1. The lowest BCUT2D eigenvalue weighted by Crippen LogP contribution is -2.10. The number of carbonyl (C=O) groups excluding carboxylic acids is 1. The zero-order valence-electron chi connectivity index (χ0n) is 9.98. The van der Waals surface area contributed by atoms with Crippen LogP contribution in [0.25, 0.3) is 6.08 Å². The molecule has 0 spiro atoms. The molecule has 0 saturated heterocycles. The van der Waals surface area contributed by atoms with Gasteiger partial charge in [-0.15, -0.1) is 6.58 Å². The van der Waals surface area contributed by atoms with Crippen LogP contribution in [-0.2, 0) is 11.2 Å². The van der Waals surface area contributed by atoms with Gasteiger partial charge in [-0.3, -0.25) is 4.79 Å². The standard InChI is InChI=1S/C15H16O2/c1-3-5-13-10-14-12(9-8-11(2)16)6-4-7-15(14)17-13/h3-4,6-9,13H,1,5,10H2,2H3/b9-8+/t13-/m1/s1. The first-order chi connectivity index (χ1) is 8.20. The second-order valence-electron chi connectivity index (χ2n) is 4.24. The molecular formula is C15H16O2. The summed E-state index contributed by atoms with van der Waals surface area (Å²) in [5.41, 5.74) is 2.26. The van der Waals surface area contributed by atoms with Crippen molar-refractivity contribution in [2.45, 2.75) is 25.9 Å². The van der Waals surface area contributed by atoms with Crippen molar-refractivity contribution in [2.75, 3.05) is 0 Å². The predicted octanol–water partition coefficient (Wildman–Crippen LogP) is 3.17. The smallest absolute Gasteiger partial charge is 0.152 e. The van der Waals surface area contributed by atoms with Crippen LogP contribution in [-0.4, -0.2) is 11.9 Å². The van der Waals surface area contributed by atoms with E-state index in [1.165, 1.54) is 5.56 Å². The van der Waals surface area contributed by atoms with Crippen molar-refractivity contribution in [3.8, 4) is 5.75 Å². The molecule has 2 rings (SSSR count). The van der Waals surface area contributed by atoms with Gasteiger partial charge in [0.1, 0.15) is 11.9 Å². The number of fused-ring (bicyclic) bond motifs is 1. The van der Waals surface area contributed by atoms with Gasteiger partial charge in [0.05, 0.1) is 0 Å². The highest BCUT2D eigenvalue weighted by Crippen LogP contribution is 2.33. The van der Waals surface area contributed by atoms with Gasteiger partial charge in [0, 0.05) is 18.4 Å². The summed E-state index contributed by atoms with van der Waals surface area (Å²) in [5.74, 6) is 0.992. The lowest BCUT2D eigenvalue weighted by molar-refractivity contribution is -0.112. The molecule has 1 aliphatic heterocycles. The van der Waals surface area contributed by atoms with Gasteiger partial charge in [-0.2, -0.15) is 0 Å². The van der Waals surface area contributed by atoms with Crippen LogP contribution in [0.3, 0.4) is 0 Å². The maximum Gasteiger partial charge on any atom is 0.152 e. The van der Waals surface area contributed by atoms with E-state index in [1.54, 1.807) is 13.0 Å². The van der Waals surface area contributed by atoms with E-state index in [0.717, 1.165) is 24.2 Å². The summed E-state index contributed by atoms with van der Waals surface area (Å²) < 4.78 is 5.80. The van der Waals surface area contributed by atoms with Crippen molar-refractivity contribution >= 4 is 11.9 Å². The van der Waals surface area contributed by atoms with Crippen molar-refractivity contribution in [1.82, 2.24) is 0 Å². The van der Waals surface area contributed by atoms with Gasteiger partial charge in [-0.05, 0) is 24.6 Å². The van der Waals surface area contributed by atoms with E-state index >= 15 is 0 Å². The maximum absolute atomic E-state index is 11.0. The normalized spacial score (nSPS) is 17.8. The van der Waals surface area contributed by atoms with Crippen LogP contribution in [0.15, 0.2) is 36.9 Å². The molecule has 0 bridgehead atoms. The maximum atomic E-state index is 11.0. The fourth-order valence-corrected chi connectivity index (χ4v) is 2.04. The Kier molecular flexibility index (Phi) is 3.43. The first-order valence-electron chi connectivity index (χ1n) is 5.79. The zero-order valence-corrected chi connectivity index (χ0v) is 9.98. The molecule has 0 unspecified atom stereocenters. The van der Waals surface area contributed by atoms with Crippen LogP contribution in [0.1, 0.15) is 24.5 Å². The van der Waals surface area contributed by atoms with Crippen molar-refractivity contribution in [3.63, 3.8) is 0 Å². The first kappa shape index (κ1) is 11.6. The van der Waals surface area contributed by atoms with E-state index < -0.39 is 0 Å². The number of allylic oxidation sites excluding steroid dienone is 1. The number of carbonyl (C=O) groups is 1. The fourth-order valence-electron chi connectivity index (χ4n) is 2.04. The average Bonchev–Trinajstić information content (AvgIpc) is 2.69. The summed E-state index contributed by atoms with van der Waals surface area (Å²) in [4.78, 5) is 11.0. The summed E-state index contributed by atoms with van der Waals surface area (Å²) in [5, 5.41) is 0. The molecule has 1 heterocycles. The minimum atomic E-state index is 0.0594. The predicted molar refractivity (Wildman–Crippen MR) is 69.1 cm³/mol. The van der Waals surface area contributed by atoms with Gasteiger partial charge in [0.15, 0.2) is 5.78 Å². The third-order valence-electron chi connectivity index (χ3n) is 2.82. The van der Waals surface area contributed by atoms with Crippen LogP contribution >= 0.6 is 0 Å². The minimum Gasteiger partial charge on any atom is -0.489 e. The molecule has 0 radical (unpaired) electrons. The van der Waals surface area contributed by atoms with Gasteiger partial charge < -0.3 is 4.74 Å². The molecule has 0 N–H and O–H groups in total. The van der Waals surface area contributed by atoms with Crippen molar-refractivity contribution < 1.29 is 9.53 Å². The highest BCUT2D eigenvalue weighted by atomic mass is 16.5. The molecule has 2 heteroatoms. The minimum absolute atomic E-state index is 0.0594. The van der Waals surface area contributed by atoms with Crippen molar-refractivity contribution in [1.29, 1.82) is 0 Å². The van der Waals surface area contributed by atoms with E-state index in [0.29, 0.717) is 0 Å². The van der Waals surface area contributed by atoms with Gasteiger partial charge in [-0.25, -0.2) is 0 Å². The number of rotatable bonds is 4.